The third-order valence-electron chi connectivity index (χ3n) is 3.94. The summed E-state index contributed by atoms with van der Waals surface area (Å²) in [6.45, 7) is 0. The molecule has 2 aliphatic carbocycles. The molecular formula is C16H28O4. The van der Waals surface area contributed by atoms with Crippen LogP contribution in [0.15, 0.2) is 12.2 Å². The number of ether oxygens (including phenoxy) is 2. The van der Waals surface area contributed by atoms with Crippen molar-refractivity contribution in [1.82, 2.24) is 0 Å². The lowest BCUT2D eigenvalue weighted by Gasteiger charge is -2.18. The molecule has 116 valence electrons. The van der Waals surface area contributed by atoms with Crippen LogP contribution in [-0.4, -0.2) is 26.2 Å². The highest BCUT2D eigenvalue weighted by Gasteiger charge is 2.21. The zero-order valence-corrected chi connectivity index (χ0v) is 12.6. The molecule has 1 atom stereocenters. The van der Waals surface area contributed by atoms with Crippen molar-refractivity contribution >= 4 is 11.9 Å². The fourth-order valence-corrected chi connectivity index (χ4v) is 2.68. The first kappa shape index (κ1) is 16.7. The van der Waals surface area contributed by atoms with Crippen molar-refractivity contribution < 1.29 is 20.5 Å². The van der Waals surface area contributed by atoms with Crippen molar-refractivity contribution in [1.29, 1.82) is 0 Å². The van der Waals surface area contributed by atoms with Crippen molar-refractivity contribution in [3.05, 3.63) is 12.2 Å². The number of hydrogen-bond donors (Lipinski definition) is 0. The van der Waals surface area contributed by atoms with Crippen LogP contribution in [0.5, 0.6) is 0 Å². The molecule has 0 aromatic carbocycles. The highest BCUT2D eigenvalue weighted by atomic mass is 16.5. The van der Waals surface area contributed by atoms with Crippen molar-refractivity contribution in [2.75, 3.05) is 14.2 Å². The second-order valence-corrected chi connectivity index (χ2v) is 5.36. The first-order valence-electron chi connectivity index (χ1n) is 7.49. The Balaban J connectivity index is 0.000000364. The van der Waals surface area contributed by atoms with Gasteiger partial charge in [-0.3, -0.25) is 9.59 Å². The monoisotopic (exact) mass is 284 g/mol. The van der Waals surface area contributed by atoms with Gasteiger partial charge in [-0.1, -0.05) is 31.4 Å². The van der Waals surface area contributed by atoms with E-state index >= 15 is 0 Å². The molecule has 0 radical (unpaired) electrons. The Kier molecular flexibility index (Phi) is 8.00. The molecule has 0 amide bonds. The van der Waals surface area contributed by atoms with Gasteiger partial charge in [0.2, 0.25) is 0 Å². The van der Waals surface area contributed by atoms with E-state index in [4.69, 9.17) is 0 Å². The molecule has 1 fully saturated rings. The van der Waals surface area contributed by atoms with Crippen molar-refractivity contribution in [2.45, 2.75) is 51.4 Å². The average Bonchev–Trinajstić information content (AvgIpc) is 2.55. The second-order valence-electron chi connectivity index (χ2n) is 5.36. The molecule has 2 rings (SSSR count). The molecule has 0 aromatic rings. The molecule has 0 bridgehead atoms. The fourth-order valence-electron chi connectivity index (χ4n) is 2.68. The van der Waals surface area contributed by atoms with E-state index in [0.717, 1.165) is 32.1 Å². The van der Waals surface area contributed by atoms with Gasteiger partial charge >= 0.3 is 11.9 Å². The Hall–Kier alpha value is -1.32. The topological polar surface area (TPSA) is 52.6 Å². The van der Waals surface area contributed by atoms with E-state index in [-0.39, 0.29) is 25.2 Å². The maximum atomic E-state index is 10.9. The van der Waals surface area contributed by atoms with Crippen molar-refractivity contribution in [2.24, 2.45) is 11.8 Å². The summed E-state index contributed by atoms with van der Waals surface area (Å²) in [4.78, 5) is 21.9. The third-order valence-corrected chi connectivity index (χ3v) is 3.94. The number of carbonyl (C=O) groups is 2. The van der Waals surface area contributed by atoms with Crippen LogP contribution in [0.4, 0.5) is 0 Å². The lowest BCUT2D eigenvalue weighted by atomic mass is 9.89. The van der Waals surface area contributed by atoms with Gasteiger partial charge in [-0.15, -0.1) is 0 Å². The number of hydrogen-bond acceptors (Lipinski definition) is 4. The zero-order chi connectivity index (χ0) is 14.8. The fraction of sp³-hybridized carbons (Fsp3) is 0.750. The summed E-state index contributed by atoms with van der Waals surface area (Å²) in [7, 11) is 2.91. The maximum Gasteiger partial charge on any atom is 0.308 e. The summed E-state index contributed by atoms with van der Waals surface area (Å²) in [6.07, 6.45) is 12.7. The van der Waals surface area contributed by atoms with Gasteiger partial charge in [0.15, 0.2) is 0 Å². The van der Waals surface area contributed by atoms with Gasteiger partial charge in [0, 0.05) is 1.43 Å². The van der Waals surface area contributed by atoms with Gasteiger partial charge < -0.3 is 9.47 Å². The SMILES string of the molecule is COC(=O)C1CC=CCC1.COC(=O)C1CCCCC1.[HH]. The quantitative estimate of drug-likeness (QED) is 0.575. The number of esters is 2. The van der Waals surface area contributed by atoms with Crippen LogP contribution >= 0.6 is 0 Å². The molecular weight excluding hydrogens is 256 g/mol. The first-order chi connectivity index (χ1) is 9.69. The van der Waals surface area contributed by atoms with Crippen LogP contribution in [-0.2, 0) is 19.1 Å². The summed E-state index contributed by atoms with van der Waals surface area (Å²) >= 11 is 0. The smallest absolute Gasteiger partial charge is 0.308 e. The predicted molar refractivity (Wildman–Crippen MR) is 79.2 cm³/mol. The molecule has 0 saturated heterocycles. The van der Waals surface area contributed by atoms with Gasteiger partial charge in [-0.25, -0.2) is 0 Å². The van der Waals surface area contributed by atoms with E-state index in [9.17, 15) is 9.59 Å². The van der Waals surface area contributed by atoms with E-state index in [1.807, 2.05) is 6.08 Å². The first-order valence-corrected chi connectivity index (χ1v) is 7.49. The molecule has 0 heterocycles. The summed E-state index contributed by atoms with van der Waals surface area (Å²) in [6, 6.07) is 0. The summed E-state index contributed by atoms with van der Waals surface area (Å²) in [5.41, 5.74) is 0. The Morgan fingerprint density at radius 3 is 2.00 bits per heavy atom. The van der Waals surface area contributed by atoms with E-state index in [2.05, 4.69) is 15.5 Å². The van der Waals surface area contributed by atoms with Crippen LogP contribution in [0.3, 0.4) is 0 Å². The molecule has 4 nitrogen and oxygen atoms in total. The standard InChI is InChI=1S/C8H14O2.C8H12O2.H2/c2*1-10-8(9)7-5-3-2-4-6-7;/h7H,2-6H2,1H3;2-3,7H,4-6H2,1H3;1H. The Morgan fingerprint density at radius 1 is 0.900 bits per heavy atom. The molecule has 0 N–H and O–H groups in total. The normalized spacial score (nSPS) is 22.4. The van der Waals surface area contributed by atoms with Crippen LogP contribution in [0.25, 0.3) is 0 Å². The minimum Gasteiger partial charge on any atom is -0.469 e. The van der Waals surface area contributed by atoms with Crippen LogP contribution in [0, 0.1) is 11.8 Å². The van der Waals surface area contributed by atoms with Gasteiger partial charge in [0.05, 0.1) is 26.1 Å². The van der Waals surface area contributed by atoms with Crippen molar-refractivity contribution in [3.8, 4) is 0 Å². The maximum absolute atomic E-state index is 10.9. The molecule has 20 heavy (non-hydrogen) atoms. The number of rotatable bonds is 2. The Labute approximate surface area is 123 Å². The van der Waals surface area contributed by atoms with Gasteiger partial charge in [-0.05, 0) is 32.1 Å². The Morgan fingerprint density at radius 2 is 1.50 bits per heavy atom. The number of allylic oxidation sites excluding steroid dienone is 2. The van der Waals surface area contributed by atoms with Crippen LogP contribution in [0.1, 0.15) is 52.8 Å². The average molecular weight is 284 g/mol. The van der Waals surface area contributed by atoms with Crippen molar-refractivity contribution in [3.63, 3.8) is 0 Å². The lowest BCUT2D eigenvalue weighted by Crippen LogP contribution is -2.18. The predicted octanol–water partition coefficient (Wildman–Crippen LogP) is 3.50. The van der Waals surface area contributed by atoms with Crippen LogP contribution in [0.2, 0.25) is 0 Å². The number of carbonyl (C=O) groups excluding carboxylic acids is 2. The molecule has 0 spiro atoms. The highest BCUT2D eigenvalue weighted by Crippen LogP contribution is 2.24. The molecule has 1 unspecified atom stereocenters. The summed E-state index contributed by atoms with van der Waals surface area (Å²) in [5.74, 6) is 0.248. The van der Waals surface area contributed by atoms with Gasteiger partial charge in [-0.2, -0.15) is 0 Å². The minimum atomic E-state index is -0.0654. The molecule has 4 heteroatoms. The third kappa shape index (κ3) is 5.76. The van der Waals surface area contributed by atoms with Crippen LogP contribution < -0.4 is 0 Å². The minimum absolute atomic E-state index is 0. The number of methoxy groups -OCH3 is 2. The van der Waals surface area contributed by atoms with E-state index in [0.29, 0.717) is 0 Å². The summed E-state index contributed by atoms with van der Waals surface area (Å²) in [5, 5.41) is 0. The van der Waals surface area contributed by atoms with E-state index in [1.165, 1.54) is 33.5 Å². The highest BCUT2D eigenvalue weighted by molar-refractivity contribution is 5.72. The summed E-state index contributed by atoms with van der Waals surface area (Å²) < 4.78 is 9.27. The van der Waals surface area contributed by atoms with Gasteiger partial charge in [0.25, 0.3) is 0 Å². The van der Waals surface area contributed by atoms with E-state index in [1.54, 1.807) is 0 Å². The molecule has 1 saturated carbocycles. The zero-order valence-electron chi connectivity index (χ0n) is 12.6. The Bertz CT molecular complexity index is 335. The molecule has 2 aliphatic rings. The van der Waals surface area contributed by atoms with Gasteiger partial charge in [0.1, 0.15) is 0 Å². The van der Waals surface area contributed by atoms with E-state index < -0.39 is 0 Å². The second kappa shape index (κ2) is 9.56. The lowest BCUT2D eigenvalue weighted by molar-refractivity contribution is -0.147. The molecule has 0 aromatic heterocycles. The largest absolute Gasteiger partial charge is 0.469 e. The molecule has 0 aliphatic heterocycles.